The van der Waals surface area contributed by atoms with Gasteiger partial charge < -0.3 is 0 Å². The van der Waals surface area contributed by atoms with Crippen LogP contribution in [0.2, 0.25) is 0 Å². The Bertz CT molecular complexity index is 212. The minimum Gasteiger partial charge on any atom is -0.275 e. The fourth-order valence-corrected chi connectivity index (χ4v) is 0.978. The number of nitrogens with zero attached hydrogens (tertiary/aromatic N) is 1. The van der Waals surface area contributed by atoms with Crippen LogP contribution in [0, 0.1) is 13.8 Å². The van der Waals surface area contributed by atoms with E-state index in [-0.39, 0.29) is 0 Å². The summed E-state index contributed by atoms with van der Waals surface area (Å²) < 4.78 is 1.70. The van der Waals surface area contributed by atoms with Gasteiger partial charge >= 0.3 is 0 Å². The molecule has 1 aromatic heterocycles. The Hall–Kier alpha value is -1.05. The first kappa shape index (κ1) is 7.06. The molecule has 0 aliphatic rings. The molecule has 0 aromatic carbocycles. The van der Waals surface area contributed by atoms with Crippen molar-refractivity contribution in [1.82, 2.24) is 0 Å². The lowest BCUT2D eigenvalue weighted by molar-refractivity contribution is -0.886. The van der Waals surface area contributed by atoms with Gasteiger partial charge in [0.05, 0.1) is 0 Å². The highest BCUT2D eigenvalue weighted by atomic mass is 16.6. The van der Waals surface area contributed by atoms with Crippen molar-refractivity contribution in [2.24, 2.45) is 0 Å². The molecule has 0 fully saturated rings. The Labute approximate surface area is 61.0 Å². The Morgan fingerprint density at radius 1 is 1.20 bits per heavy atom. The quantitative estimate of drug-likeness (QED) is 0.519. The van der Waals surface area contributed by atoms with Crippen LogP contribution in [0.1, 0.15) is 11.1 Å². The van der Waals surface area contributed by atoms with E-state index in [0.717, 1.165) is 0 Å². The molecule has 10 heavy (non-hydrogen) atoms. The Kier molecular flexibility index (Phi) is 1.90. The van der Waals surface area contributed by atoms with Gasteiger partial charge in [0.1, 0.15) is 7.11 Å². The molecule has 0 N–H and O–H groups in total. The molecule has 0 saturated carbocycles. The zero-order valence-electron chi connectivity index (χ0n) is 6.59. The maximum Gasteiger partial charge on any atom is 0.225 e. The van der Waals surface area contributed by atoms with Crippen LogP contribution < -0.4 is 9.57 Å². The standard InChI is InChI=1S/C8H12NO/c1-7-4-8(2)6-9(5-7)10-3/h4-6H,1-3H3/q+1. The highest BCUT2D eigenvalue weighted by Crippen LogP contribution is 1.95. The van der Waals surface area contributed by atoms with Crippen LogP contribution in [-0.4, -0.2) is 7.11 Å². The molecule has 0 aliphatic heterocycles. The molecule has 0 atom stereocenters. The number of hydrogen-bond acceptors (Lipinski definition) is 1. The Balaban J connectivity index is 3.06. The highest BCUT2D eigenvalue weighted by molar-refractivity contribution is 5.11. The summed E-state index contributed by atoms with van der Waals surface area (Å²) in [7, 11) is 1.65. The monoisotopic (exact) mass is 138 g/mol. The molecule has 0 aliphatic carbocycles. The molecule has 1 aromatic rings. The van der Waals surface area contributed by atoms with E-state index in [1.807, 2.05) is 26.2 Å². The van der Waals surface area contributed by atoms with Crippen LogP contribution >= 0.6 is 0 Å². The second-order valence-corrected chi connectivity index (χ2v) is 2.43. The summed E-state index contributed by atoms with van der Waals surface area (Å²) in [6.07, 6.45) is 3.88. The molecule has 54 valence electrons. The average Bonchev–Trinajstić information content (AvgIpc) is 1.85. The zero-order valence-corrected chi connectivity index (χ0v) is 6.59. The largest absolute Gasteiger partial charge is 0.275 e. The molecule has 2 heteroatoms. The SMILES string of the molecule is CO[n+]1cc(C)cc(C)c1. The molecule has 1 rings (SSSR count). The first-order valence-electron chi connectivity index (χ1n) is 3.26. The minimum absolute atomic E-state index is 1.21. The number of rotatable bonds is 1. The second kappa shape index (κ2) is 2.69. The molecule has 0 spiro atoms. The lowest BCUT2D eigenvalue weighted by Crippen LogP contribution is -2.40. The van der Waals surface area contributed by atoms with Gasteiger partial charge in [-0.05, 0) is 19.9 Å². The first-order valence-corrected chi connectivity index (χ1v) is 3.26. The van der Waals surface area contributed by atoms with Crippen molar-refractivity contribution in [1.29, 1.82) is 0 Å². The van der Waals surface area contributed by atoms with E-state index in [9.17, 15) is 0 Å². The van der Waals surface area contributed by atoms with Gasteiger partial charge in [0.2, 0.25) is 12.4 Å². The van der Waals surface area contributed by atoms with Gasteiger partial charge in [-0.3, -0.25) is 4.84 Å². The predicted molar refractivity (Wildman–Crippen MR) is 38.6 cm³/mol. The van der Waals surface area contributed by atoms with Crippen molar-refractivity contribution >= 4 is 0 Å². The van der Waals surface area contributed by atoms with Crippen LogP contribution in [0.15, 0.2) is 18.5 Å². The van der Waals surface area contributed by atoms with E-state index in [1.54, 1.807) is 11.8 Å². The van der Waals surface area contributed by atoms with Crippen molar-refractivity contribution in [3.63, 3.8) is 0 Å². The van der Waals surface area contributed by atoms with Crippen LogP contribution in [0.3, 0.4) is 0 Å². The zero-order chi connectivity index (χ0) is 7.56. The van der Waals surface area contributed by atoms with Gasteiger partial charge in [-0.2, -0.15) is 0 Å². The number of hydrogen-bond donors (Lipinski definition) is 0. The third kappa shape index (κ3) is 1.47. The molecule has 0 unspecified atom stereocenters. The molecule has 2 nitrogen and oxygen atoms in total. The molecular formula is C8H12NO+. The third-order valence-corrected chi connectivity index (χ3v) is 1.33. The van der Waals surface area contributed by atoms with Crippen LogP contribution in [0.5, 0.6) is 0 Å². The number of aromatic nitrogens is 1. The molecule has 1 heterocycles. The summed E-state index contributed by atoms with van der Waals surface area (Å²) in [5, 5.41) is 0. The Morgan fingerprint density at radius 2 is 1.70 bits per heavy atom. The van der Waals surface area contributed by atoms with E-state index < -0.39 is 0 Å². The van der Waals surface area contributed by atoms with Gasteiger partial charge in [0.25, 0.3) is 0 Å². The van der Waals surface area contributed by atoms with Gasteiger partial charge in [-0.15, -0.1) is 0 Å². The maximum atomic E-state index is 4.99. The second-order valence-electron chi connectivity index (χ2n) is 2.43. The van der Waals surface area contributed by atoms with Crippen molar-refractivity contribution in [2.75, 3.05) is 7.11 Å². The van der Waals surface area contributed by atoms with E-state index in [4.69, 9.17) is 4.84 Å². The van der Waals surface area contributed by atoms with E-state index >= 15 is 0 Å². The highest BCUT2D eigenvalue weighted by Gasteiger charge is 1.99. The molecule has 0 amide bonds. The molecule has 0 radical (unpaired) electrons. The van der Waals surface area contributed by atoms with Crippen LogP contribution in [0.25, 0.3) is 0 Å². The summed E-state index contributed by atoms with van der Waals surface area (Å²) in [4.78, 5) is 4.99. The fourth-order valence-electron chi connectivity index (χ4n) is 0.978. The average molecular weight is 138 g/mol. The van der Waals surface area contributed by atoms with Crippen molar-refractivity contribution < 1.29 is 9.57 Å². The van der Waals surface area contributed by atoms with Gasteiger partial charge in [-0.1, -0.05) is 0 Å². The maximum absolute atomic E-state index is 4.99. The molecular weight excluding hydrogens is 126 g/mol. The van der Waals surface area contributed by atoms with Crippen molar-refractivity contribution in [3.05, 3.63) is 29.6 Å². The van der Waals surface area contributed by atoms with Crippen molar-refractivity contribution in [3.8, 4) is 0 Å². The summed E-state index contributed by atoms with van der Waals surface area (Å²) in [5.41, 5.74) is 2.42. The first-order chi connectivity index (χ1) is 4.72. The smallest absolute Gasteiger partial charge is 0.225 e. The number of pyridine rings is 1. The van der Waals surface area contributed by atoms with Crippen LogP contribution in [0.4, 0.5) is 0 Å². The minimum atomic E-state index is 1.21. The van der Waals surface area contributed by atoms with Gasteiger partial charge in [0.15, 0.2) is 0 Å². The summed E-state index contributed by atoms with van der Waals surface area (Å²) in [6.45, 7) is 4.09. The lowest BCUT2D eigenvalue weighted by atomic mass is 10.2. The Morgan fingerprint density at radius 3 is 2.10 bits per heavy atom. The summed E-state index contributed by atoms with van der Waals surface area (Å²) in [5.74, 6) is 0. The van der Waals surface area contributed by atoms with E-state index in [1.165, 1.54) is 11.1 Å². The number of aryl methyl sites for hydroxylation is 2. The fraction of sp³-hybridized carbons (Fsp3) is 0.375. The normalized spacial score (nSPS) is 9.50. The lowest BCUT2D eigenvalue weighted by Gasteiger charge is -1.93. The molecule has 0 saturated heterocycles. The van der Waals surface area contributed by atoms with E-state index in [2.05, 4.69) is 6.07 Å². The van der Waals surface area contributed by atoms with Gasteiger partial charge in [-0.25, -0.2) is 0 Å². The van der Waals surface area contributed by atoms with E-state index in [0.29, 0.717) is 0 Å². The molecule has 0 bridgehead atoms. The predicted octanol–water partition coefficient (Wildman–Crippen LogP) is 0.649. The third-order valence-electron chi connectivity index (χ3n) is 1.33. The summed E-state index contributed by atoms with van der Waals surface area (Å²) in [6, 6.07) is 2.11. The topological polar surface area (TPSA) is 13.1 Å². The van der Waals surface area contributed by atoms with Crippen molar-refractivity contribution in [2.45, 2.75) is 13.8 Å². The summed E-state index contributed by atoms with van der Waals surface area (Å²) >= 11 is 0. The van der Waals surface area contributed by atoms with Crippen LogP contribution in [-0.2, 0) is 0 Å². The van der Waals surface area contributed by atoms with Gasteiger partial charge in [0, 0.05) is 15.9 Å².